The summed E-state index contributed by atoms with van der Waals surface area (Å²) in [4.78, 5) is 0. The second-order valence-electron chi connectivity index (χ2n) is 9.95. The maximum atomic E-state index is 3.39. The van der Waals surface area contributed by atoms with Crippen molar-refractivity contribution in [2.24, 2.45) is 11.3 Å². The van der Waals surface area contributed by atoms with Crippen LogP contribution in [0.4, 0.5) is 0 Å². The Morgan fingerprint density at radius 1 is 0.793 bits per heavy atom. The fraction of sp³-hybridized carbons (Fsp3) is 0.500. The average Bonchev–Trinajstić information content (AvgIpc) is 2.68. The first-order chi connectivity index (χ1) is 13.6. The average molecular weight is 392 g/mol. The molecule has 1 N–H and O–H groups in total. The zero-order valence-corrected chi connectivity index (χ0v) is 19.8. The molecule has 0 spiro atoms. The summed E-state index contributed by atoms with van der Waals surface area (Å²) in [7, 11) is 0. The van der Waals surface area contributed by atoms with Gasteiger partial charge in [-0.05, 0) is 66.5 Å². The molecule has 0 aliphatic carbocycles. The lowest BCUT2D eigenvalue weighted by Crippen LogP contribution is -2.23. The Morgan fingerprint density at radius 3 is 1.72 bits per heavy atom. The zero-order valence-electron chi connectivity index (χ0n) is 19.8. The van der Waals surface area contributed by atoms with Crippen molar-refractivity contribution in [3.63, 3.8) is 0 Å². The van der Waals surface area contributed by atoms with E-state index in [1.54, 1.807) is 0 Å². The predicted molar refractivity (Wildman–Crippen MR) is 128 cm³/mol. The SMILES string of the molecule is CCc1ccc(C(C)(C)c2ccc(CC(C)C(C)(C)C=CNC(C)C)cc2)cc1. The smallest absolute Gasteiger partial charge is 0.0199 e. The summed E-state index contributed by atoms with van der Waals surface area (Å²) in [5.74, 6) is 0.563. The van der Waals surface area contributed by atoms with E-state index in [4.69, 9.17) is 0 Å². The minimum atomic E-state index is 0.0148. The van der Waals surface area contributed by atoms with Gasteiger partial charge in [0.25, 0.3) is 0 Å². The molecule has 0 heterocycles. The molecule has 0 aliphatic heterocycles. The van der Waals surface area contributed by atoms with E-state index in [2.05, 4.69) is 122 Å². The molecule has 0 radical (unpaired) electrons. The molecule has 0 saturated carbocycles. The Labute approximate surface area is 179 Å². The highest BCUT2D eigenvalue weighted by Crippen LogP contribution is 2.34. The molecule has 1 heteroatoms. The van der Waals surface area contributed by atoms with Crippen LogP contribution in [0.5, 0.6) is 0 Å². The molecule has 0 aromatic heterocycles. The lowest BCUT2D eigenvalue weighted by Gasteiger charge is -2.30. The van der Waals surface area contributed by atoms with Gasteiger partial charge in [-0.25, -0.2) is 0 Å². The summed E-state index contributed by atoms with van der Waals surface area (Å²) < 4.78 is 0. The van der Waals surface area contributed by atoms with Gasteiger partial charge in [-0.3, -0.25) is 0 Å². The summed E-state index contributed by atoms with van der Waals surface area (Å²) in [5, 5.41) is 3.39. The third-order valence-electron chi connectivity index (χ3n) is 6.51. The third kappa shape index (κ3) is 6.23. The van der Waals surface area contributed by atoms with Crippen molar-refractivity contribution < 1.29 is 0 Å². The Balaban J connectivity index is 2.09. The van der Waals surface area contributed by atoms with Gasteiger partial charge in [0.2, 0.25) is 0 Å². The molecule has 0 fully saturated rings. The predicted octanol–water partition coefficient (Wildman–Crippen LogP) is 7.29. The van der Waals surface area contributed by atoms with Gasteiger partial charge in [0, 0.05) is 11.5 Å². The van der Waals surface area contributed by atoms with E-state index < -0.39 is 0 Å². The molecule has 0 saturated heterocycles. The Kier molecular flexibility index (Phi) is 7.74. The van der Waals surface area contributed by atoms with E-state index in [1.165, 1.54) is 22.3 Å². The Morgan fingerprint density at radius 2 is 1.28 bits per heavy atom. The first-order valence-electron chi connectivity index (χ1n) is 11.2. The first-order valence-corrected chi connectivity index (χ1v) is 11.2. The molecule has 2 rings (SSSR count). The summed E-state index contributed by atoms with van der Waals surface area (Å²) in [5.41, 5.74) is 5.73. The van der Waals surface area contributed by atoms with Crippen LogP contribution in [-0.2, 0) is 18.3 Å². The molecule has 0 aliphatic rings. The topological polar surface area (TPSA) is 12.0 Å². The number of hydrogen-bond donors (Lipinski definition) is 1. The quantitative estimate of drug-likeness (QED) is 0.473. The summed E-state index contributed by atoms with van der Waals surface area (Å²) in [6, 6.07) is 18.8. The highest BCUT2D eigenvalue weighted by Gasteiger charge is 2.25. The Hall–Kier alpha value is -2.02. The van der Waals surface area contributed by atoms with Crippen molar-refractivity contribution in [1.82, 2.24) is 5.32 Å². The van der Waals surface area contributed by atoms with Crippen LogP contribution in [0.2, 0.25) is 0 Å². The lowest BCUT2D eigenvalue weighted by atomic mass is 9.75. The third-order valence-corrected chi connectivity index (χ3v) is 6.51. The van der Waals surface area contributed by atoms with Crippen molar-refractivity contribution in [2.45, 2.75) is 79.7 Å². The van der Waals surface area contributed by atoms with E-state index >= 15 is 0 Å². The molecular weight excluding hydrogens is 350 g/mol. The van der Waals surface area contributed by atoms with Crippen molar-refractivity contribution in [3.8, 4) is 0 Å². The van der Waals surface area contributed by atoms with Gasteiger partial charge in [-0.15, -0.1) is 0 Å². The van der Waals surface area contributed by atoms with Crippen LogP contribution < -0.4 is 5.32 Å². The van der Waals surface area contributed by atoms with Gasteiger partial charge >= 0.3 is 0 Å². The van der Waals surface area contributed by atoms with Gasteiger partial charge in [0.15, 0.2) is 0 Å². The van der Waals surface area contributed by atoms with Crippen LogP contribution in [0.3, 0.4) is 0 Å². The molecule has 1 nitrogen and oxygen atoms in total. The highest BCUT2D eigenvalue weighted by atomic mass is 14.9. The van der Waals surface area contributed by atoms with Crippen molar-refractivity contribution in [1.29, 1.82) is 0 Å². The van der Waals surface area contributed by atoms with Crippen molar-refractivity contribution >= 4 is 0 Å². The van der Waals surface area contributed by atoms with Gasteiger partial charge in [0.05, 0.1) is 0 Å². The maximum Gasteiger partial charge on any atom is 0.0199 e. The standard InChI is InChI=1S/C28H41N/c1-9-23-10-14-25(15-11-23)28(7,8)26-16-12-24(13-17-26)20-22(4)27(5,6)18-19-29-21(2)3/h10-19,21-22,29H,9,20H2,1-8H3. The summed E-state index contributed by atoms with van der Waals surface area (Å²) in [6.45, 7) is 18.2. The molecular formula is C28H41N. The van der Waals surface area contributed by atoms with Gasteiger partial charge in [-0.2, -0.15) is 0 Å². The highest BCUT2D eigenvalue weighted by molar-refractivity contribution is 5.39. The van der Waals surface area contributed by atoms with Gasteiger partial charge in [0.1, 0.15) is 0 Å². The minimum absolute atomic E-state index is 0.0148. The second-order valence-corrected chi connectivity index (χ2v) is 9.95. The molecule has 2 aromatic rings. The largest absolute Gasteiger partial charge is 0.389 e. The van der Waals surface area contributed by atoms with E-state index in [-0.39, 0.29) is 10.8 Å². The number of hydrogen-bond acceptors (Lipinski definition) is 1. The molecule has 0 bridgehead atoms. The van der Waals surface area contributed by atoms with Crippen LogP contribution >= 0.6 is 0 Å². The van der Waals surface area contributed by atoms with Crippen LogP contribution in [0.1, 0.15) is 77.6 Å². The summed E-state index contributed by atoms with van der Waals surface area (Å²) >= 11 is 0. The number of allylic oxidation sites excluding steroid dienone is 1. The van der Waals surface area contributed by atoms with Crippen LogP contribution in [0, 0.1) is 11.3 Å². The second kappa shape index (κ2) is 9.65. The molecule has 29 heavy (non-hydrogen) atoms. The van der Waals surface area contributed by atoms with E-state index in [9.17, 15) is 0 Å². The van der Waals surface area contributed by atoms with E-state index in [0.29, 0.717) is 12.0 Å². The zero-order chi connectivity index (χ0) is 21.7. The maximum absolute atomic E-state index is 3.39. The van der Waals surface area contributed by atoms with Crippen LogP contribution in [0.25, 0.3) is 0 Å². The number of nitrogens with one attached hydrogen (secondary N) is 1. The number of benzene rings is 2. The normalized spacial score (nSPS) is 13.8. The van der Waals surface area contributed by atoms with E-state index in [1.807, 2.05) is 0 Å². The molecule has 1 unspecified atom stereocenters. The summed E-state index contributed by atoms with van der Waals surface area (Å²) in [6.07, 6.45) is 6.61. The molecule has 158 valence electrons. The monoisotopic (exact) mass is 391 g/mol. The minimum Gasteiger partial charge on any atom is -0.389 e. The van der Waals surface area contributed by atoms with Crippen LogP contribution in [-0.4, -0.2) is 6.04 Å². The molecule has 1 atom stereocenters. The van der Waals surface area contributed by atoms with Crippen molar-refractivity contribution in [2.75, 3.05) is 0 Å². The fourth-order valence-electron chi connectivity index (χ4n) is 3.62. The van der Waals surface area contributed by atoms with Crippen molar-refractivity contribution in [3.05, 3.63) is 83.1 Å². The number of rotatable bonds is 9. The van der Waals surface area contributed by atoms with Gasteiger partial charge in [-0.1, -0.05) is 96.1 Å². The fourth-order valence-corrected chi connectivity index (χ4v) is 3.62. The van der Waals surface area contributed by atoms with Crippen LogP contribution in [0.15, 0.2) is 60.8 Å². The van der Waals surface area contributed by atoms with Gasteiger partial charge < -0.3 is 5.32 Å². The Bertz CT molecular complexity index is 776. The number of aryl methyl sites for hydroxylation is 1. The van der Waals surface area contributed by atoms with E-state index in [0.717, 1.165) is 12.8 Å². The lowest BCUT2D eigenvalue weighted by molar-refractivity contribution is 0.304. The first kappa shape index (κ1) is 23.3. The molecule has 0 amide bonds. The molecule has 2 aromatic carbocycles.